The minimum atomic E-state index is -1.21. The highest BCUT2D eigenvalue weighted by atomic mass is 32.1. The highest BCUT2D eigenvalue weighted by molar-refractivity contribution is 7.13. The number of aryl methyl sites for hydroxylation is 1. The van der Waals surface area contributed by atoms with Crippen LogP contribution in [0.3, 0.4) is 0 Å². The molecule has 0 spiro atoms. The van der Waals surface area contributed by atoms with Crippen molar-refractivity contribution in [3.63, 3.8) is 0 Å². The van der Waals surface area contributed by atoms with Gasteiger partial charge in [-0.25, -0.2) is 9.78 Å². The van der Waals surface area contributed by atoms with Gasteiger partial charge in [0.05, 0.1) is 17.7 Å². The summed E-state index contributed by atoms with van der Waals surface area (Å²) in [6.45, 7) is 3.43. The lowest BCUT2D eigenvalue weighted by Gasteiger charge is -2.18. The van der Waals surface area contributed by atoms with Gasteiger partial charge in [-0.05, 0) is 37.4 Å². The Labute approximate surface area is 147 Å². The minimum absolute atomic E-state index is 0.0433. The quantitative estimate of drug-likeness (QED) is 0.724. The Bertz CT molecular complexity index is 929. The number of carbonyl (C=O) groups excluding carboxylic acids is 2. The second-order valence-corrected chi connectivity index (χ2v) is 6.87. The van der Waals surface area contributed by atoms with Gasteiger partial charge >= 0.3 is 6.03 Å². The molecule has 8 heteroatoms. The van der Waals surface area contributed by atoms with Gasteiger partial charge < -0.3 is 14.2 Å². The van der Waals surface area contributed by atoms with Gasteiger partial charge in [-0.3, -0.25) is 9.69 Å². The maximum atomic E-state index is 12.8. The van der Waals surface area contributed by atoms with E-state index in [1.807, 2.05) is 17.5 Å². The molecule has 1 atom stereocenters. The number of nitrogens with zero attached hydrogens (tertiary/aromatic N) is 2. The third-order valence-electron chi connectivity index (χ3n) is 4.22. The lowest BCUT2D eigenvalue weighted by Crippen LogP contribution is -2.40. The average Bonchev–Trinajstić information content (AvgIpc) is 3.34. The zero-order chi connectivity index (χ0) is 17.6. The number of imide groups is 1. The molecule has 3 amide bonds. The van der Waals surface area contributed by atoms with Crippen LogP contribution >= 0.6 is 11.3 Å². The second kappa shape index (κ2) is 5.59. The van der Waals surface area contributed by atoms with Crippen LogP contribution in [0.15, 0.2) is 44.7 Å². The number of nitrogens with one attached hydrogen (secondary N) is 1. The minimum Gasteiger partial charge on any atom is -0.466 e. The van der Waals surface area contributed by atoms with E-state index >= 15 is 0 Å². The van der Waals surface area contributed by atoms with Crippen LogP contribution in [-0.4, -0.2) is 21.8 Å². The van der Waals surface area contributed by atoms with E-state index in [2.05, 4.69) is 10.3 Å². The number of furan rings is 1. The van der Waals surface area contributed by atoms with E-state index < -0.39 is 11.6 Å². The van der Waals surface area contributed by atoms with E-state index in [-0.39, 0.29) is 12.5 Å². The molecule has 1 fully saturated rings. The first-order valence-electron chi connectivity index (χ1n) is 7.67. The van der Waals surface area contributed by atoms with Crippen LogP contribution in [0.5, 0.6) is 0 Å². The number of hydrogen-bond donors (Lipinski definition) is 1. The topological polar surface area (TPSA) is 88.6 Å². The number of oxazole rings is 1. The zero-order valence-electron chi connectivity index (χ0n) is 13.6. The van der Waals surface area contributed by atoms with Crippen LogP contribution in [0.4, 0.5) is 4.79 Å². The molecule has 3 aromatic rings. The van der Waals surface area contributed by atoms with Gasteiger partial charge in [0, 0.05) is 0 Å². The van der Waals surface area contributed by atoms with E-state index in [1.165, 1.54) is 17.6 Å². The number of aromatic nitrogens is 1. The van der Waals surface area contributed by atoms with E-state index in [1.54, 1.807) is 26.0 Å². The Morgan fingerprint density at radius 1 is 1.32 bits per heavy atom. The van der Waals surface area contributed by atoms with Crippen LogP contribution in [0.25, 0.3) is 10.8 Å². The van der Waals surface area contributed by atoms with Crippen molar-refractivity contribution >= 4 is 23.3 Å². The first kappa shape index (κ1) is 15.6. The first-order valence-corrected chi connectivity index (χ1v) is 8.55. The Balaban J connectivity index is 1.61. The van der Waals surface area contributed by atoms with Crippen LogP contribution < -0.4 is 5.32 Å². The molecule has 0 radical (unpaired) electrons. The van der Waals surface area contributed by atoms with Crippen LogP contribution in [0, 0.1) is 6.92 Å². The largest absolute Gasteiger partial charge is 0.466 e. The van der Waals surface area contributed by atoms with Crippen molar-refractivity contribution < 1.29 is 18.4 Å². The van der Waals surface area contributed by atoms with Crippen molar-refractivity contribution in [1.29, 1.82) is 0 Å². The third kappa shape index (κ3) is 2.45. The fourth-order valence-corrected chi connectivity index (χ4v) is 3.45. The highest BCUT2D eigenvalue weighted by Gasteiger charge is 2.51. The monoisotopic (exact) mass is 357 g/mol. The molecule has 4 heterocycles. The molecule has 1 aliphatic heterocycles. The normalized spacial score (nSPS) is 20.3. The predicted molar refractivity (Wildman–Crippen MR) is 89.7 cm³/mol. The third-order valence-corrected chi connectivity index (χ3v) is 5.08. The predicted octanol–water partition coefficient (Wildman–Crippen LogP) is 3.27. The molecule has 0 aliphatic carbocycles. The molecule has 4 rings (SSSR count). The summed E-state index contributed by atoms with van der Waals surface area (Å²) in [4.78, 5) is 31.6. The molecular weight excluding hydrogens is 342 g/mol. The molecule has 0 aromatic carbocycles. The maximum absolute atomic E-state index is 12.8. The lowest BCUT2D eigenvalue weighted by molar-refractivity contribution is -0.132. The van der Waals surface area contributed by atoms with Crippen molar-refractivity contribution in [2.75, 3.05) is 0 Å². The van der Waals surface area contributed by atoms with E-state index in [4.69, 9.17) is 8.83 Å². The van der Waals surface area contributed by atoms with Crippen molar-refractivity contribution in [3.8, 4) is 10.8 Å². The standard InChI is InChI=1S/C17H15N3O4S/c1-10-11(18-14(24-10)12-5-4-8-25-12)9-20-15(21)17(2,19-16(20)22)13-6-3-7-23-13/h3-8H,9H2,1-2H3,(H,19,22). The molecule has 128 valence electrons. The van der Waals surface area contributed by atoms with E-state index in [0.717, 1.165) is 9.78 Å². The van der Waals surface area contributed by atoms with E-state index in [0.29, 0.717) is 23.1 Å². The number of urea groups is 1. The molecule has 3 aromatic heterocycles. The second-order valence-electron chi connectivity index (χ2n) is 5.92. The van der Waals surface area contributed by atoms with Crippen LogP contribution in [0.2, 0.25) is 0 Å². The van der Waals surface area contributed by atoms with Crippen molar-refractivity contribution in [1.82, 2.24) is 15.2 Å². The molecule has 25 heavy (non-hydrogen) atoms. The molecule has 0 bridgehead atoms. The van der Waals surface area contributed by atoms with Crippen molar-refractivity contribution in [3.05, 3.63) is 53.1 Å². The Hall–Kier alpha value is -2.87. The van der Waals surface area contributed by atoms with Crippen LogP contribution in [-0.2, 0) is 16.9 Å². The van der Waals surface area contributed by atoms with Gasteiger partial charge in [-0.1, -0.05) is 6.07 Å². The molecule has 0 saturated carbocycles. The summed E-state index contributed by atoms with van der Waals surface area (Å²) in [5.41, 5.74) is -0.662. The van der Waals surface area contributed by atoms with Gasteiger partial charge in [-0.2, -0.15) is 0 Å². The summed E-state index contributed by atoms with van der Waals surface area (Å²) >= 11 is 1.51. The summed E-state index contributed by atoms with van der Waals surface area (Å²) in [5, 5.41) is 4.63. The average molecular weight is 357 g/mol. The maximum Gasteiger partial charge on any atom is 0.325 e. The summed E-state index contributed by atoms with van der Waals surface area (Å²) < 4.78 is 11.0. The summed E-state index contributed by atoms with van der Waals surface area (Å²) in [5.74, 6) is 1.08. The fourth-order valence-electron chi connectivity index (χ4n) is 2.80. The number of carbonyl (C=O) groups is 2. The number of hydrogen-bond acceptors (Lipinski definition) is 6. The SMILES string of the molecule is Cc1oc(-c2cccs2)nc1CN1C(=O)NC(C)(c2ccco2)C1=O. The van der Waals surface area contributed by atoms with Gasteiger partial charge in [0.15, 0.2) is 5.54 Å². The number of thiophene rings is 1. The Kier molecular flexibility index (Phi) is 3.50. The van der Waals surface area contributed by atoms with Crippen molar-refractivity contribution in [2.24, 2.45) is 0 Å². The summed E-state index contributed by atoms with van der Waals surface area (Å²) in [6.07, 6.45) is 1.47. The van der Waals surface area contributed by atoms with Gasteiger partial charge in [0.1, 0.15) is 17.2 Å². The van der Waals surface area contributed by atoms with E-state index in [9.17, 15) is 9.59 Å². The lowest BCUT2D eigenvalue weighted by atomic mass is 9.99. The van der Waals surface area contributed by atoms with Crippen LogP contribution in [0.1, 0.15) is 24.1 Å². The Morgan fingerprint density at radius 3 is 2.84 bits per heavy atom. The smallest absolute Gasteiger partial charge is 0.325 e. The molecule has 1 unspecified atom stereocenters. The number of rotatable bonds is 4. The van der Waals surface area contributed by atoms with Crippen molar-refractivity contribution in [2.45, 2.75) is 25.9 Å². The molecule has 7 nitrogen and oxygen atoms in total. The first-order chi connectivity index (χ1) is 12.0. The molecule has 1 N–H and O–H groups in total. The van der Waals surface area contributed by atoms with Gasteiger partial charge in [0.2, 0.25) is 5.89 Å². The Morgan fingerprint density at radius 2 is 2.16 bits per heavy atom. The fraction of sp³-hybridized carbons (Fsp3) is 0.235. The molecule has 1 saturated heterocycles. The van der Waals surface area contributed by atoms with Gasteiger partial charge in [-0.15, -0.1) is 11.3 Å². The summed E-state index contributed by atoms with van der Waals surface area (Å²) in [6, 6.07) is 6.67. The zero-order valence-corrected chi connectivity index (χ0v) is 14.4. The molecule has 1 aliphatic rings. The number of amides is 3. The summed E-state index contributed by atoms with van der Waals surface area (Å²) in [7, 11) is 0. The van der Waals surface area contributed by atoms with Gasteiger partial charge in [0.25, 0.3) is 5.91 Å². The highest BCUT2D eigenvalue weighted by Crippen LogP contribution is 2.31. The molecular formula is C17H15N3O4S.